The average molecular weight is 210 g/mol. The lowest BCUT2D eigenvalue weighted by Crippen LogP contribution is -2.32. The molecular formula is C15H30. The summed E-state index contributed by atoms with van der Waals surface area (Å²) in [7, 11) is 0. The van der Waals surface area contributed by atoms with Gasteiger partial charge in [-0.15, -0.1) is 0 Å². The Morgan fingerprint density at radius 2 is 1.47 bits per heavy atom. The molecule has 0 bridgehead atoms. The predicted octanol–water partition coefficient (Wildman–Crippen LogP) is 5.28. The van der Waals surface area contributed by atoms with E-state index in [1.807, 2.05) is 13.8 Å². The van der Waals surface area contributed by atoms with Crippen LogP contribution in [0.2, 0.25) is 0 Å². The Bertz CT molecular complexity index is 161. The van der Waals surface area contributed by atoms with Crippen LogP contribution >= 0.6 is 0 Å². The van der Waals surface area contributed by atoms with Gasteiger partial charge in [0.1, 0.15) is 0 Å². The van der Waals surface area contributed by atoms with Crippen molar-refractivity contribution in [2.24, 2.45) is 23.7 Å². The van der Waals surface area contributed by atoms with Crippen molar-refractivity contribution in [3.05, 3.63) is 0 Å². The zero-order valence-corrected chi connectivity index (χ0v) is 11.3. The Morgan fingerprint density at radius 1 is 0.933 bits per heavy atom. The highest BCUT2D eigenvalue weighted by Gasteiger charge is 2.34. The fourth-order valence-corrected chi connectivity index (χ4v) is 3.77. The lowest BCUT2D eigenvalue weighted by atomic mass is 9.63. The van der Waals surface area contributed by atoms with E-state index >= 15 is 0 Å². The molecule has 0 aromatic rings. The summed E-state index contributed by atoms with van der Waals surface area (Å²) in [5.74, 6) is 4.31. The molecule has 4 atom stereocenters. The Kier molecular flexibility index (Phi) is 5.71. The molecule has 4 unspecified atom stereocenters. The fourth-order valence-electron chi connectivity index (χ4n) is 3.77. The van der Waals surface area contributed by atoms with Gasteiger partial charge in [0.05, 0.1) is 0 Å². The third-order valence-electron chi connectivity index (χ3n) is 4.68. The first-order valence-corrected chi connectivity index (χ1v) is 7.31. The maximum absolute atomic E-state index is 2.49. The van der Waals surface area contributed by atoms with Gasteiger partial charge in [-0.2, -0.15) is 0 Å². The summed E-state index contributed by atoms with van der Waals surface area (Å²) in [6, 6.07) is 0. The first kappa shape index (κ1) is 13.1. The van der Waals surface area contributed by atoms with Crippen molar-refractivity contribution in [2.45, 2.75) is 72.6 Å². The molecule has 2 saturated carbocycles. The second-order valence-corrected chi connectivity index (χ2v) is 5.42. The van der Waals surface area contributed by atoms with E-state index in [0.29, 0.717) is 0 Å². The van der Waals surface area contributed by atoms with Crippen LogP contribution < -0.4 is 0 Å². The van der Waals surface area contributed by atoms with Gasteiger partial charge in [0.25, 0.3) is 0 Å². The SMILES string of the molecule is CC.CCC1CC2CCCCC2CC1C. The molecule has 0 aromatic heterocycles. The van der Waals surface area contributed by atoms with Crippen LogP contribution in [0.4, 0.5) is 0 Å². The van der Waals surface area contributed by atoms with Gasteiger partial charge in [-0.3, -0.25) is 0 Å². The van der Waals surface area contributed by atoms with Crippen molar-refractivity contribution in [1.29, 1.82) is 0 Å². The molecule has 0 amide bonds. The summed E-state index contributed by atoms with van der Waals surface area (Å²) in [5.41, 5.74) is 0. The molecule has 15 heavy (non-hydrogen) atoms. The van der Waals surface area contributed by atoms with Crippen LogP contribution in [-0.4, -0.2) is 0 Å². The Morgan fingerprint density at radius 3 is 2.00 bits per heavy atom. The highest BCUT2D eigenvalue weighted by molar-refractivity contribution is 4.85. The van der Waals surface area contributed by atoms with E-state index in [1.165, 1.54) is 19.3 Å². The normalized spacial score (nSPS) is 40.0. The van der Waals surface area contributed by atoms with Gasteiger partial charge in [-0.05, 0) is 36.5 Å². The molecule has 0 heterocycles. The molecule has 0 saturated heterocycles. The number of fused-ring (bicyclic) bond motifs is 1. The van der Waals surface area contributed by atoms with E-state index in [0.717, 1.165) is 23.7 Å². The van der Waals surface area contributed by atoms with Crippen LogP contribution in [-0.2, 0) is 0 Å². The number of rotatable bonds is 1. The molecule has 0 nitrogen and oxygen atoms in total. The molecule has 2 aliphatic rings. The molecule has 0 heteroatoms. The molecular weight excluding hydrogens is 180 g/mol. The van der Waals surface area contributed by atoms with Gasteiger partial charge in [-0.1, -0.05) is 59.8 Å². The van der Waals surface area contributed by atoms with Crippen molar-refractivity contribution in [1.82, 2.24) is 0 Å². The van der Waals surface area contributed by atoms with Crippen LogP contribution in [0, 0.1) is 23.7 Å². The maximum Gasteiger partial charge on any atom is -0.0383 e. The van der Waals surface area contributed by atoms with Crippen LogP contribution in [0.5, 0.6) is 0 Å². The highest BCUT2D eigenvalue weighted by atomic mass is 14.4. The Labute approximate surface area is 96.8 Å². The second kappa shape index (κ2) is 6.55. The average Bonchev–Trinajstić information content (AvgIpc) is 2.31. The van der Waals surface area contributed by atoms with Crippen molar-refractivity contribution in [2.75, 3.05) is 0 Å². The lowest BCUT2D eigenvalue weighted by Gasteiger charge is -2.42. The minimum atomic E-state index is 1.02. The molecule has 0 aliphatic heterocycles. The summed E-state index contributed by atoms with van der Waals surface area (Å²) >= 11 is 0. The van der Waals surface area contributed by atoms with Gasteiger partial charge in [0.2, 0.25) is 0 Å². The standard InChI is InChI=1S/C13H24.C2H6/c1-3-11-9-13-7-5-4-6-12(13)8-10(11)2;1-2/h10-13H,3-9H2,1-2H3;1-2H3. The molecule has 0 spiro atoms. The molecule has 2 rings (SSSR count). The van der Waals surface area contributed by atoms with Gasteiger partial charge in [0, 0.05) is 0 Å². The summed E-state index contributed by atoms with van der Waals surface area (Å²) in [5, 5.41) is 0. The van der Waals surface area contributed by atoms with Crippen LogP contribution in [0.1, 0.15) is 72.6 Å². The molecule has 2 aliphatic carbocycles. The summed E-state index contributed by atoms with van der Waals surface area (Å²) in [6.07, 6.45) is 10.7. The van der Waals surface area contributed by atoms with E-state index in [9.17, 15) is 0 Å². The highest BCUT2D eigenvalue weighted by Crippen LogP contribution is 2.45. The summed E-state index contributed by atoms with van der Waals surface area (Å²) < 4.78 is 0. The predicted molar refractivity (Wildman–Crippen MR) is 69.0 cm³/mol. The monoisotopic (exact) mass is 210 g/mol. The van der Waals surface area contributed by atoms with Gasteiger partial charge >= 0.3 is 0 Å². The Hall–Kier alpha value is 0. The van der Waals surface area contributed by atoms with Gasteiger partial charge < -0.3 is 0 Å². The number of hydrogen-bond acceptors (Lipinski definition) is 0. The van der Waals surface area contributed by atoms with Gasteiger partial charge in [-0.25, -0.2) is 0 Å². The molecule has 0 aromatic carbocycles. The topological polar surface area (TPSA) is 0 Å². The maximum atomic E-state index is 2.49. The quantitative estimate of drug-likeness (QED) is 0.552. The number of hydrogen-bond donors (Lipinski definition) is 0. The van der Waals surface area contributed by atoms with Crippen molar-refractivity contribution < 1.29 is 0 Å². The molecule has 0 radical (unpaired) electrons. The van der Waals surface area contributed by atoms with Crippen molar-refractivity contribution in [3.8, 4) is 0 Å². The van der Waals surface area contributed by atoms with Crippen molar-refractivity contribution in [3.63, 3.8) is 0 Å². The van der Waals surface area contributed by atoms with E-state index in [4.69, 9.17) is 0 Å². The minimum absolute atomic E-state index is 1.02. The zero-order chi connectivity index (χ0) is 11.3. The van der Waals surface area contributed by atoms with E-state index < -0.39 is 0 Å². The fraction of sp³-hybridized carbons (Fsp3) is 1.00. The molecule has 2 fully saturated rings. The van der Waals surface area contributed by atoms with E-state index in [1.54, 1.807) is 25.7 Å². The van der Waals surface area contributed by atoms with Crippen LogP contribution in [0.15, 0.2) is 0 Å². The van der Waals surface area contributed by atoms with E-state index in [-0.39, 0.29) is 0 Å². The van der Waals surface area contributed by atoms with Crippen molar-refractivity contribution >= 4 is 0 Å². The first-order chi connectivity index (χ1) is 7.31. The Balaban J connectivity index is 0.000000531. The lowest BCUT2D eigenvalue weighted by molar-refractivity contribution is 0.0839. The molecule has 0 N–H and O–H groups in total. The third kappa shape index (κ3) is 3.23. The van der Waals surface area contributed by atoms with Crippen LogP contribution in [0.25, 0.3) is 0 Å². The summed E-state index contributed by atoms with van der Waals surface area (Å²) in [4.78, 5) is 0. The minimum Gasteiger partial charge on any atom is -0.0683 e. The largest absolute Gasteiger partial charge is 0.0683 e. The van der Waals surface area contributed by atoms with E-state index in [2.05, 4.69) is 13.8 Å². The zero-order valence-electron chi connectivity index (χ0n) is 11.3. The van der Waals surface area contributed by atoms with Crippen LogP contribution in [0.3, 0.4) is 0 Å². The summed E-state index contributed by atoms with van der Waals surface area (Å²) in [6.45, 7) is 8.86. The smallest absolute Gasteiger partial charge is 0.0383 e. The second-order valence-electron chi connectivity index (χ2n) is 5.42. The first-order valence-electron chi connectivity index (χ1n) is 7.31. The molecule has 90 valence electrons. The van der Waals surface area contributed by atoms with Gasteiger partial charge in [0.15, 0.2) is 0 Å². The third-order valence-corrected chi connectivity index (χ3v) is 4.68.